The molecule has 1 aromatic carbocycles. The number of nitrogens with one attached hydrogen (secondary N) is 2. The molecule has 0 radical (unpaired) electrons. The maximum absolute atomic E-state index is 11.9. The molecule has 0 bridgehead atoms. The van der Waals surface area contributed by atoms with Gasteiger partial charge in [0.25, 0.3) is 0 Å². The summed E-state index contributed by atoms with van der Waals surface area (Å²) in [4.78, 5) is 23.7. The Labute approximate surface area is 143 Å². The molecule has 0 aliphatic heterocycles. The number of carbonyl (C=O) groups excluding carboxylic acids is 2. The minimum Gasteiger partial charge on any atom is -0.354 e. The lowest BCUT2D eigenvalue weighted by molar-refractivity contribution is -0.126. The molecule has 0 unspecified atom stereocenters. The van der Waals surface area contributed by atoms with E-state index in [9.17, 15) is 9.59 Å². The van der Waals surface area contributed by atoms with Crippen LogP contribution >= 0.6 is 11.6 Å². The van der Waals surface area contributed by atoms with E-state index < -0.39 is 0 Å². The molecule has 2 rings (SSSR count). The summed E-state index contributed by atoms with van der Waals surface area (Å²) in [5, 5.41) is 6.46. The van der Waals surface area contributed by atoms with Gasteiger partial charge >= 0.3 is 0 Å². The molecule has 2 amide bonds. The molecule has 0 atom stereocenters. The van der Waals surface area contributed by atoms with Gasteiger partial charge in [-0.25, -0.2) is 0 Å². The van der Waals surface area contributed by atoms with E-state index in [1.165, 1.54) is 6.42 Å². The fourth-order valence-corrected chi connectivity index (χ4v) is 3.02. The van der Waals surface area contributed by atoms with Crippen molar-refractivity contribution in [1.29, 1.82) is 0 Å². The normalized spacial score (nSPS) is 15.2. The lowest BCUT2D eigenvalue weighted by Gasteiger charge is -2.20. The smallest absolute Gasteiger partial charge is 0.223 e. The van der Waals surface area contributed by atoms with E-state index >= 15 is 0 Å². The van der Waals surface area contributed by atoms with Crippen molar-refractivity contribution in [2.45, 2.75) is 44.9 Å². The molecule has 126 valence electrons. The molecule has 1 aliphatic carbocycles. The van der Waals surface area contributed by atoms with Gasteiger partial charge < -0.3 is 10.6 Å². The van der Waals surface area contributed by atoms with Crippen LogP contribution in [0.2, 0.25) is 5.02 Å². The summed E-state index contributed by atoms with van der Waals surface area (Å²) in [6, 6.07) is 7.52. The molecule has 23 heavy (non-hydrogen) atoms. The molecule has 1 aromatic rings. The van der Waals surface area contributed by atoms with E-state index in [1.54, 1.807) is 0 Å². The second kappa shape index (κ2) is 9.56. The zero-order chi connectivity index (χ0) is 16.5. The zero-order valence-electron chi connectivity index (χ0n) is 13.4. The summed E-state index contributed by atoms with van der Waals surface area (Å²) in [5.74, 6) is 0.316. The lowest BCUT2D eigenvalue weighted by Crippen LogP contribution is -2.38. The fourth-order valence-electron chi connectivity index (χ4n) is 2.89. The van der Waals surface area contributed by atoms with Crippen LogP contribution in [0.5, 0.6) is 0 Å². The van der Waals surface area contributed by atoms with Gasteiger partial charge in [-0.3, -0.25) is 9.59 Å². The molecule has 0 spiro atoms. The Morgan fingerprint density at radius 3 is 2.35 bits per heavy atom. The van der Waals surface area contributed by atoms with Gasteiger partial charge in [0, 0.05) is 30.5 Å². The van der Waals surface area contributed by atoms with Crippen molar-refractivity contribution in [3.63, 3.8) is 0 Å². The van der Waals surface area contributed by atoms with E-state index in [-0.39, 0.29) is 17.7 Å². The van der Waals surface area contributed by atoms with E-state index in [1.807, 2.05) is 24.3 Å². The van der Waals surface area contributed by atoms with E-state index in [4.69, 9.17) is 11.6 Å². The van der Waals surface area contributed by atoms with Crippen molar-refractivity contribution < 1.29 is 9.59 Å². The predicted octanol–water partition coefficient (Wildman–Crippen LogP) is 3.09. The minimum absolute atomic E-state index is 0.00636. The van der Waals surface area contributed by atoms with Crippen LogP contribution in [0.1, 0.15) is 44.1 Å². The Balaban J connectivity index is 1.55. The van der Waals surface area contributed by atoms with Crippen LogP contribution in [0.15, 0.2) is 24.3 Å². The first kappa shape index (κ1) is 17.8. The maximum atomic E-state index is 11.9. The fraction of sp³-hybridized carbons (Fsp3) is 0.556. The van der Waals surface area contributed by atoms with Crippen LogP contribution in [0, 0.1) is 5.92 Å². The largest absolute Gasteiger partial charge is 0.354 e. The molecule has 5 heteroatoms. The monoisotopic (exact) mass is 336 g/mol. The van der Waals surface area contributed by atoms with Gasteiger partial charge in [-0.1, -0.05) is 43.0 Å². The summed E-state index contributed by atoms with van der Waals surface area (Å²) in [6.07, 6.45) is 6.68. The first-order valence-corrected chi connectivity index (χ1v) is 8.82. The SMILES string of the molecule is O=C(CCc1ccc(Cl)cc1)NCCNC(=O)C1CCCCC1. The lowest BCUT2D eigenvalue weighted by atomic mass is 9.89. The minimum atomic E-state index is 0.00636. The molecular formula is C18H25ClN2O2. The highest BCUT2D eigenvalue weighted by Crippen LogP contribution is 2.23. The van der Waals surface area contributed by atoms with Crippen molar-refractivity contribution in [2.24, 2.45) is 5.92 Å². The number of rotatable bonds is 7. The summed E-state index contributed by atoms with van der Waals surface area (Å²) in [5.41, 5.74) is 1.09. The number of halogens is 1. The third kappa shape index (κ3) is 6.61. The Morgan fingerprint density at radius 1 is 1.00 bits per heavy atom. The molecule has 2 N–H and O–H groups in total. The van der Waals surface area contributed by atoms with Crippen molar-refractivity contribution in [2.75, 3.05) is 13.1 Å². The van der Waals surface area contributed by atoms with Gasteiger partial charge in [0.1, 0.15) is 0 Å². The molecule has 1 fully saturated rings. The molecule has 1 saturated carbocycles. The third-order valence-corrected chi connectivity index (χ3v) is 4.53. The molecular weight excluding hydrogens is 312 g/mol. The van der Waals surface area contributed by atoms with Gasteiger partial charge in [-0.15, -0.1) is 0 Å². The van der Waals surface area contributed by atoms with E-state index in [0.717, 1.165) is 31.2 Å². The molecule has 4 nitrogen and oxygen atoms in total. The van der Waals surface area contributed by atoms with Crippen LogP contribution in [0.4, 0.5) is 0 Å². The number of aryl methyl sites for hydroxylation is 1. The van der Waals surface area contributed by atoms with Gasteiger partial charge in [0.05, 0.1) is 0 Å². The Bertz CT molecular complexity index is 510. The average molecular weight is 337 g/mol. The van der Waals surface area contributed by atoms with Crippen LogP contribution in [-0.4, -0.2) is 24.9 Å². The Morgan fingerprint density at radius 2 is 1.65 bits per heavy atom. The van der Waals surface area contributed by atoms with E-state index in [0.29, 0.717) is 31.0 Å². The second-order valence-electron chi connectivity index (χ2n) is 6.10. The van der Waals surface area contributed by atoms with Crippen molar-refractivity contribution in [1.82, 2.24) is 10.6 Å². The topological polar surface area (TPSA) is 58.2 Å². The standard InChI is InChI=1S/C18H25ClN2O2/c19-16-9-6-14(7-10-16)8-11-17(22)20-12-13-21-18(23)15-4-2-1-3-5-15/h6-7,9-10,15H,1-5,8,11-13H2,(H,20,22)(H,21,23). The summed E-state index contributed by atoms with van der Waals surface area (Å²) in [6.45, 7) is 0.986. The highest BCUT2D eigenvalue weighted by atomic mass is 35.5. The number of amides is 2. The Kier molecular flexibility index (Phi) is 7.40. The molecule has 0 heterocycles. The van der Waals surface area contributed by atoms with Crippen molar-refractivity contribution in [3.8, 4) is 0 Å². The van der Waals surface area contributed by atoms with Crippen LogP contribution in [0.25, 0.3) is 0 Å². The number of carbonyl (C=O) groups is 2. The first-order valence-electron chi connectivity index (χ1n) is 8.44. The van der Waals surface area contributed by atoms with Gasteiger partial charge in [0.2, 0.25) is 11.8 Å². The van der Waals surface area contributed by atoms with Crippen molar-refractivity contribution >= 4 is 23.4 Å². The second-order valence-corrected chi connectivity index (χ2v) is 6.54. The quantitative estimate of drug-likeness (QED) is 0.752. The van der Waals surface area contributed by atoms with Gasteiger partial charge in [-0.2, -0.15) is 0 Å². The highest BCUT2D eigenvalue weighted by molar-refractivity contribution is 6.30. The maximum Gasteiger partial charge on any atom is 0.223 e. The molecule has 0 aromatic heterocycles. The van der Waals surface area contributed by atoms with Crippen LogP contribution < -0.4 is 10.6 Å². The summed E-state index contributed by atoms with van der Waals surface area (Å²) >= 11 is 5.83. The van der Waals surface area contributed by atoms with Crippen molar-refractivity contribution in [3.05, 3.63) is 34.9 Å². The predicted molar refractivity (Wildman–Crippen MR) is 92.4 cm³/mol. The summed E-state index contributed by atoms with van der Waals surface area (Å²) < 4.78 is 0. The summed E-state index contributed by atoms with van der Waals surface area (Å²) in [7, 11) is 0. The van der Waals surface area contributed by atoms with Crippen LogP contribution in [0.3, 0.4) is 0 Å². The highest BCUT2D eigenvalue weighted by Gasteiger charge is 2.20. The zero-order valence-corrected chi connectivity index (χ0v) is 14.2. The van der Waals surface area contributed by atoms with Gasteiger partial charge in [0.15, 0.2) is 0 Å². The first-order chi connectivity index (χ1) is 11.1. The molecule has 1 aliphatic rings. The molecule has 0 saturated heterocycles. The third-order valence-electron chi connectivity index (χ3n) is 4.28. The van der Waals surface area contributed by atoms with Gasteiger partial charge in [-0.05, 0) is 37.0 Å². The average Bonchev–Trinajstić information content (AvgIpc) is 2.59. The Hall–Kier alpha value is -1.55. The van der Waals surface area contributed by atoms with E-state index in [2.05, 4.69) is 10.6 Å². The number of benzene rings is 1. The van der Waals surface area contributed by atoms with Crippen LogP contribution in [-0.2, 0) is 16.0 Å². The number of hydrogen-bond donors (Lipinski definition) is 2. The number of hydrogen-bond acceptors (Lipinski definition) is 2.